The van der Waals surface area contributed by atoms with Crippen molar-refractivity contribution >= 4 is 19.6 Å². The van der Waals surface area contributed by atoms with E-state index in [0.29, 0.717) is 17.5 Å². The number of aliphatic carboxylic acids is 1. The van der Waals surface area contributed by atoms with E-state index in [1.165, 1.54) is 25.4 Å². The normalized spacial score (nSPS) is 14.3. The van der Waals surface area contributed by atoms with Crippen LogP contribution in [0.5, 0.6) is 0 Å². The van der Waals surface area contributed by atoms with E-state index in [1.54, 1.807) is 38.1 Å². The van der Waals surface area contributed by atoms with E-state index < -0.39 is 11.4 Å². The van der Waals surface area contributed by atoms with Crippen molar-refractivity contribution in [1.82, 2.24) is 4.90 Å². The molecule has 0 bridgehead atoms. The molecule has 0 aromatic heterocycles. The third kappa shape index (κ3) is 8.90. The number of carboxylic acids is 1. The average molecular weight is 543 g/mol. The highest BCUT2D eigenvalue weighted by Crippen LogP contribution is 2.30. The molecule has 5 nitrogen and oxygen atoms in total. The molecule has 2 radical (unpaired) electrons. The molecule has 1 fully saturated rings. The van der Waals surface area contributed by atoms with Gasteiger partial charge in [-0.05, 0) is 56.3 Å². The number of Topliss-reactive ketones (excluding diaryl/α,β-unsaturated/α-hetero) is 1. The van der Waals surface area contributed by atoms with Gasteiger partial charge in [0.05, 0.1) is 19.4 Å². The van der Waals surface area contributed by atoms with Crippen LogP contribution in [0.15, 0.2) is 84.9 Å². The first-order chi connectivity index (χ1) is 19.8. The maximum absolute atomic E-state index is 12.7. The van der Waals surface area contributed by atoms with Crippen molar-refractivity contribution in [3.8, 4) is 0 Å². The number of likely N-dealkylation sites (tertiary alicyclic amines) is 1. The standard InChI is InChI=1S/C32H37NO4.CH3B.CH4/c1-32(2,31(35)36)27-17-15-24(16-18-27)29(34)14-9-21-33-22-19-28(20-23-33)37-30(25-10-5-3-6-11-25)26-12-7-4-8-13-26;1-2;/h3-8,10-13,15-18,28,30H,9,14,19-23H2,1-2H3,(H,35,36);1H3;1H4/i;;1D. The Morgan fingerprint density at radius 3 is 1.93 bits per heavy atom. The summed E-state index contributed by atoms with van der Waals surface area (Å²) in [4.78, 5) is 26.5. The molecule has 0 amide bonds. The lowest BCUT2D eigenvalue weighted by atomic mass is 9.84. The van der Waals surface area contributed by atoms with Crippen LogP contribution < -0.4 is 0 Å². The first-order valence-corrected chi connectivity index (χ1v) is 13.8. The molecule has 40 heavy (non-hydrogen) atoms. The number of nitrogens with zero attached hydrogens (tertiary/aromatic N) is 1. The van der Waals surface area contributed by atoms with Crippen molar-refractivity contribution < 1.29 is 20.8 Å². The monoisotopic (exact) mass is 542 g/mol. The van der Waals surface area contributed by atoms with Crippen LogP contribution in [0, 0.1) is 0 Å². The number of hydrogen-bond acceptors (Lipinski definition) is 4. The molecule has 0 aliphatic carbocycles. The van der Waals surface area contributed by atoms with Gasteiger partial charge in [0.15, 0.2) is 5.78 Å². The molecule has 0 saturated carbocycles. The van der Waals surface area contributed by atoms with Crippen LogP contribution in [0.3, 0.4) is 0 Å². The van der Waals surface area contributed by atoms with Gasteiger partial charge in [0, 0.05) is 26.4 Å². The van der Waals surface area contributed by atoms with Gasteiger partial charge in [-0.25, -0.2) is 0 Å². The maximum atomic E-state index is 12.7. The zero-order valence-electron chi connectivity index (χ0n) is 25.4. The molecule has 1 aliphatic rings. The van der Waals surface area contributed by atoms with Crippen molar-refractivity contribution in [3.63, 3.8) is 0 Å². The number of rotatable bonds is 11. The molecule has 6 heteroatoms. The van der Waals surface area contributed by atoms with E-state index in [0.717, 1.165) is 38.9 Å². The molecule has 3 aromatic rings. The van der Waals surface area contributed by atoms with Crippen LogP contribution >= 0.6 is 0 Å². The van der Waals surface area contributed by atoms with Gasteiger partial charge in [-0.3, -0.25) is 9.59 Å². The molecule has 212 valence electrons. The number of ketones is 1. The lowest BCUT2D eigenvalue weighted by molar-refractivity contribution is -0.142. The van der Waals surface area contributed by atoms with E-state index >= 15 is 0 Å². The molecule has 0 spiro atoms. The third-order valence-corrected chi connectivity index (χ3v) is 7.41. The number of piperidine rings is 1. The fraction of sp³-hybridized carbons (Fsp3) is 0.412. The van der Waals surface area contributed by atoms with Gasteiger partial charge in [-0.2, -0.15) is 0 Å². The summed E-state index contributed by atoms with van der Waals surface area (Å²) >= 11 is 0. The summed E-state index contributed by atoms with van der Waals surface area (Å²) in [6.45, 7) is 7.67. The minimum absolute atomic E-state index is 0.0657. The lowest BCUT2D eigenvalue weighted by Crippen LogP contribution is -2.38. The maximum Gasteiger partial charge on any atom is 0.313 e. The van der Waals surface area contributed by atoms with E-state index in [4.69, 9.17) is 6.11 Å². The number of carbonyl (C=O) groups is 2. The van der Waals surface area contributed by atoms with Crippen LogP contribution in [0.4, 0.5) is 0 Å². The van der Waals surface area contributed by atoms with Gasteiger partial charge < -0.3 is 14.7 Å². The van der Waals surface area contributed by atoms with Crippen molar-refractivity contribution in [2.45, 2.75) is 71.4 Å². The Morgan fingerprint density at radius 2 is 1.45 bits per heavy atom. The summed E-state index contributed by atoms with van der Waals surface area (Å²) in [7, 11) is 5.75. The van der Waals surface area contributed by atoms with Crippen LogP contribution in [0.1, 0.15) is 81.5 Å². The van der Waals surface area contributed by atoms with Gasteiger partial charge >= 0.3 is 5.97 Å². The molecule has 3 aromatic carbocycles. The fourth-order valence-electron chi connectivity index (χ4n) is 4.87. The van der Waals surface area contributed by atoms with E-state index in [2.05, 4.69) is 61.3 Å². The lowest BCUT2D eigenvalue weighted by Gasteiger charge is -2.34. The topological polar surface area (TPSA) is 66.8 Å². The van der Waals surface area contributed by atoms with Gasteiger partial charge in [0.1, 0.15) is 6.10 Å². The predicted molar refractivity (Wildman–Crippen MR) is 164 cm³/mol. The highest BCUT2D eigenvalue weighted by atomic mass is 16.5. The summed E-state index contributed by atoms with van der Waals surface area (Å²) in [6, 6.07) is 27.8. The molecule has 0 atom stereocenters. The van der Waals surface area contributed by atoms with Gasteiger partial charge in [-0.15, -0.1) is 0 Å². The molecular formula is C34H44BNO4. The SMILES string of the molecule is CC(C)(C(=O)O)c1ccc(C(=O)CCCN2CCC(OC(c3ccccc3)c3ccccc3)CC2)cc1.[2H]C.[B]C. The second-order valence-corrected chi connectivity index (χ2v) is 10.4. The van der Waals surface area contributed by atoms with Crippen molar-refractivity contribution in [2.24, 2.45) is 0 Å². The van der Waals surface area contributed by atoms with E-state index in [9.17, 15) is 14.7 Å². The Bertz CT molecular complexity index is 1120. The highest BCUT2D eigenvalue weighted by molar-refractivity contribution is 6.05. The number of carbonyl (C=O) groups excluding carboxylic acids is 1. The minimum Gasteiger partial charge on any atom is -0.481 e. The first-order valence-electron chi connectivity index (χ1n) is 14.8. The molecule has 1 saturated heterocycles. The van der Waals surface area contributed by atoms with E-state index in [-0.39, 0.29) is 18.0 Å². The molecule has 1 aliphatic heterocycles. The number of carboxylic acid groups (broad SMARTS) is 1. The Kier molecular flexibility index (Phi) is 12.6. The van der Waals surface area contributed by atoms with Gasteiger partial charge in [-0.1, -0.05) is 99.2 Å². The Labute approximate surface area is 243 Å². The smallest absolute Gasteiger partial charge is 0.313 e. The van der Waals surface area contributed by atoms with Gasteiger partial charge in [0.2, 0.25) is 0 Å². The number of ether oxygens (including phenoxy) is 1. The quantitative estimate of drug-likeness (QED) is 0.206. The van der Waals surface area contributed by atoms with Crippen LogP contribution in [0.2, 0.25) is 6.82 Å². The van der Waals surface area contributed by atoms with Crippen molar-refractivity contribution in [3.05, 3.63) is 107 Å². The molecular weight excluding hydrogens is 497 g/mol. The van der Waals surface area contributed by atoms with Crippen LogP contribution in [0.25, 0.3) is 0 Å². The zero-order valence-corrected chi connectivity index (χ0v) is 24.4. The minimum atomic E-state index is -0.973. The fourth-order valence-corrected chi connectivity index (χ4v) is 4.87. The summed E-state index contributed by atoms with van der Waals surface area (Å²) in [5, 5.41) is 9.40. The molecule has 1 N–H and O–H groups in total. The van der Waals surface area contributed by atoms with Crippen molar-refractivity contribution in [1.29, 1.82) is 0 Å². The Balaban J connectivity index is 0.00000141. The Morgan fingerprint density at radius 1 is 0.950 bits per heavy atom. The summed E-state index contributed by atoms with van der Waals surface area (Å²) < 4.78 is 12.4. The largest absolute Gasteiger partial charge is 0.481 e. The summed E-state index contributed by atoms with van der Waals surface area (Å²) in [5.74, 6) is -0.775. The van der Waals surface area contributed by atoms with Crippen LogP contribution in [-0.2, 0) is 14.9 Å². The highest BCUT2D eigenvalue weighted by Gasteiger charge is 2.29. The zero-order chi connectivity index (χ0) is 30.3. The molecule has 0 unspecified atom stereocenters. The molecule has 4 rings (SSSR count). The third-order valence-electron chi connectivity index (χ3n) is 7.41. The molecule has 1 heterocycles. The van der Waals surface area contributed by atoms with E-state index in [1.807, 2.05) is 12.1 Å². The second-order valence-electron chi connectivity index (χ2n) is 10.4. The predicted octanol–water partition coefficient (Wildman–Crippen LogP) is 7.12. The van der Waals surface area contributed by atoms with Crippen molar-refractivity contribution in [2.75, 3.05) is 19.6 Å². The summed E-state index contributed by atoms with van der Waals surface area (Å²) in [6.07, 6.45) is 3.39. The van der Waals surface area contributed by atoms with Gasteiger partial charge in [0.25, 0.3) is 0 Å². The number of benzene rings is 3. The Hall–Kier alpha value is -3.22. The first kappa shape index (κ1) is 31.3. The number of hydrogen-bond donors (Lipinski definition) is 1. The average Bonchev–Trinajstić information content (AvgIpc) is 3.03. The summed E-state index contributed by atoms with van der Waals surface area (Å²) in [5.41, 5.74) is 2.72. The van der Waals surface area contributed by atoms with Crippen LogP contribution in [-0.4, -0.2) is 55.3 Å². The second kappa shape index (κ2) is 16.1.